The number of nitrogens with zero attached hydrogens (tertiary/aromatic N) is 4. The van der Waals surface area contributed by atoms with Crippen molar-refractivity contribution in [2.75, 3.05) is 55.3 Å². The minimum atomic E-state index is -4.45. The third-order valence-corrected chi connectivity index (χ3v) is 11.1. The van der Waals surface area contributed by atoms with E-state index >= 15 is 4.39 Å². The molecule has 5 aromatic rings. The first-order valence-corrected chi connectivity index (χ1v) is 19.8. The Morgan fingerprint density at radius 3 is 2.35 bits per heavy atom. The van der Waals surface area contributed by atoms with Crippen molar-refractivity contribution in [3.8, 4) is 16.9 Å². The average Bonchev–Trinajstić information content (AvgIpc) is 3.19. The van der Waals surface area contributed by atoms with Crippen LogP contribution in [0.1, 0.15) is 27.6 Å². The van der Waals surface area contributed by atoms with Gasteiger partial charge in [0.15, 0.2) is 0 Å². The highest BCUT2D eigenvalue weighted by Crippen LogP contribution is 2.29. The van der Waals surface area contributed by atoms with E-state index in [4.69, 9.17) is 4.74 Å². The highest BCUT2D eigenvalue weighted by molar-refractivity contribution is 7.99. The van der Waals surface area contributed by atoms with Crippen LogP contribution in [0.15, 0.2) is 119 Å². The Kier molecular flexibility index (Phi) is 12.3. The van der Waals surface area contributed by atoms with Crippen molar-refractivity contribution in [2.24, 2.45) is 0 Å². The zero-order valence-corrected chi connectivity index (χ0v) is 31.3. The molecule has 2 amide bonds. The van der Waals surface area contributed by atoms with Crippen LogP contribution in [-0.2, 0) is 10.0 Å². The minimum absolute atomic E-state index is 0.0655. The molecule has 2 N–H and O–H groups in total. The SMILES string of the molecule is CCOc1cncc(-c2ccc(C(=O)N3CCN(c4ccc(C(=O)NS(=O)(=O)c5ccc(NCCSc6ccccc6)c([N+](=O)[O-])c5)cc4)CC3)cc2F)c1. The highest BCUT2D eigenvalue weighted by Gasteiger charge is 2.26. The van der Waals surface area contributed by atoms with Crippen LogP contribution < -0.4 is 19.7 Å². The summed E-state index contributed by atoms with van der Waals surface area (Å²) >= 11 is 1.57. The van der Waals surface area contributed by atoms with Crippen molar-refractivity contribution in [1.82, 2.24) is 14.6 Å². The van der Waals surface area contributed by atoms with Gasteiger partial charge in [-0.05, 0) is 73.7 Å². The van der Waals surface area contributed by atoms with Gasteiger partial charge in [0.05, 0.1) is 22.6 Å². The average molecular weight is 785 g/mol. The standard InChI is InChI=1S/C39H37FN6O7S2/c1-2-53-31-22-29(25-41-26-31)34-14-10-28(23-35(34)40)39(48)45-19-17-44(18-20-45)30-11-8-27(9-12-30)38(47)43-55(51,52)33-13-15-36(37(24-33)46(49)50)42-16-21-54-32-6-4-3-5-7-32/h3-15,22-26,42H,2,16-21H2,1H3,(H,43,47). The highest BCUT2D eigenvalue weighted by atomic mass is 32.2. The number of thioether (sulfide) groups is 1. The number of nitro benzene ring substituents is 1. The number of hydrogen-bond acceptors (Lipinski definition) is 11. The number of sulfonamides is 1. The molecule has 0 aliphatic carbocycles. The van der Waals surface area contributed by atoms with Gasteiger partial charge in [-0.2, -0.15) is 0 Å². The topological polar surface area (TPSA) is 164 Å². The molecular weight excluding hydrogens is 748 g/mol. The quantitative estimate of drug-likeness (QED) is 0.0548. The molecule has 2 heterocycles. The summed E-state index contributed by atoms with van der Waals surface area (Å²) in [4.78, 5) is 45.8. The van der Waals surface area contributed by atoms with Gasteiger partial charge >= 0.3 is 0 Å². The molecule has 0 radical (unpaired) electrons. The molecule has 0 spiro atoms. The van der Waals surface area contributed by atoms with Crippen LogP contribution in [0.3, 0.4) is 0 Å². The van der Waals surface area contributed by atoms with Crippen molar-refractivity contribution < 1.29 is 32.1 Å². The molecule has 1 fully saturated rings. The van der Waals surface area contributed by atoms with Gasteiger partial charge in [0, 0.05) is 83.6 Å². The minimum Gasteiger partial charge on any atom is -0.492 e. The van der Waals surface area contributed by atoms with E-state index in [2.05, 4.69) is 10.3 Å². The number of piperazine rings is 1. The Morgan fingerprint density at radius 1 is 0.927 bits per heavy atom. The summed E-state index contributed by atoms with van der Waals surface area (Å²) in [6.07, 6.45) is 3.08. The number of pyridine rings is 1. The fourth-order valence-corrected chi connectivity index (χ4v) is 7.74. The first kappa shape index (κ1) is 38.7. The number of carbonyl (C=O) groups is 2. The molecule has 0 saturated carbocycles. The molecule has 16 heteroatoms. The number of carbonyl (C=O) groups excluding carboxylic acids is 2. The molecule has 284 valence electrons. The number of halogens is 1. The lowest BCUT2D eigenvalue weighted by Crippen LogP contribution is -2.48. The summed E-state index contributed by atoms with van der Waals surface area (Å²) in [5.74, 6) is -0.605. The van der Waals surface area contributed by atoms with Crippen molar-refractivity contribution in [1.29, 1.82) is 0 Å². The number of amides is 2. The van der Waals surface area contributed by atoms with Crippen LogP contribution in [0.4, 0.5) is 21.5 Å². The van der Waals surface area contributed by atoms with Crippen LogP contribution in [0.2, 0.25) is 0 Å². The maximum atomic E-state index is 15.1. The molecule has 55 heavy (non-hydrogen) atoms. The van der Waals surface area contributed by atoms with Gasteiger partial charge in [-0.3, -0.25) is 24.7 Å². The van der Waals surface area contributed by atoms with E-state index in [0.29, 0.717) is 62.0 Å². The Hall–Kier alpha value is -6.00. The maximum absolute atomic E-state index is 15.1. The Bertz CT molecular complexity index is 2290. The number of anilines is 2. The lowest BCUT2D eigenvalue weighted by Gasteiger charge is -2.36. The van der Waals surface area contributed by atoms with Crippen LogP contribution in [-0.4, -0.2) is 80.1 Å². The van der Waals surface area contributed by atoms with Crippen LogP contribution in [0.5, 0.6) is 5.75 Å². The molecular formula is C39H37FN6O7S2. The van der Waals surface area contributed by atoms with Gasteiger partial charge in [0.1, 0.15) is 17.3 Å². The zero-order chi connectivity index (χ0) is 39.0. The number of nitrogens with one attached hydrogen (secondary N) is 2. The molecule has 0 atom stereocenters. The molecule has 1 aliphatic heterocycles. The lowest BCUT2D eigenvalue weighted by atomic mass is 10.0. The van der Waals surface area contributed by atoms with Gasteiger partial charge in [-0.15, -0.1) is 11.8 Å². The molecule has 1 aliphatic rings. The lowest BCUT2D eigenvalue weighted by molar-refractivity contribution is -0.384. The van der Waals surface area contributed by atoms with Crippen molar-refractivity contribution in [3.63, 3.8) is 0 Å². The molecule has 6 rings (SSSR count). The number of benzene rings is 4. The first-order chi connectivity index (χ1) is 26.5. The maximum Gasteiger partial charge on any atom is 0.293 e. The third-order valence-electron chi connectivity index (χ3n) is 8.75. The van der Waals surface area contributed by atoms with E-state index in [1.807, 2.05) is 46.9 Å². The van der Waals surface area contributed by atoms with Crippen molar-refractivity contribution in [3.05, 3.63) is 137 Å². The van der Waals surface area contributed by atoms with E-state index < -0.39 is 37.3 Å². The number of nitro groups is 1. The molecule has 1 saturated heterocycles. The summed E-state index contributed by atoms with van der Waals surface area (Å²) in [5, 5.41) is 14.8. The number of rotatable bonds is 14. The van der Waals surface area contributed by atoms with Gasteiger partial charge in [-0.25, -0.2) is 17.5 Å². The molecule has 0 bridgehead atoms. The van der Waals surface area contributed by atoms with Gasteiger partial charge in [-0.1, -0.05) is 24.3 Å². The van der Waals surface area contributed by atoms with E-state index in [-0.39, 0.29) is 22.7 Å². The number of hydrogen-bond donors (Lipinski definition) is 2. The van der Waals surface area contributed by atoms with Gasteiger partial charge < -0.3 is 19.9 Å². The summed E-state index contributed by atoms with van der Waals surface area (Å²) < 4.78 is 48.8. The normalized spacial score (nSPS) is 12.9. The second-order valence-electron chi connectivity index (χ2n) is 12.3. The largest absolute Gasteiger partial charge is 0.492 e. The second kappa shape index (κ2) is 17.4. The van der Waals surface area contributed by atoms with Crippen molar-refractivity contribution in [2.45, 2.75) is 16.7 Å². The molecule has 13 nitrogen and oxygen atoms in total. The van der Waals surface area contributed by atoms with E-state index in [1.54, 1.807) is 53.2 Å². The van der Waals surface area contributed by atoms with Crippen molar-refractivity contribution >= 4 is 50.7 Å². The van der Waals surface area contributed by atoms with E-state index in [9.17, 15) is 28.1 Å². The summed E-state index contributed by atoms with van der Waals surface area (Å²) in [6, 6.07) is 25.5. The van der Waals surface area contributed by atoms with Crippen LogP contribution in [0, 0.1) is 15.9 Å². The smallest absolute Gasteiger partial charge is 0.293 e. The second-order valence-corrected chi connectivity index (χ2v) is 15.2. The first-order valence-electron chi connectivity index (χ1n) is 17.3. The summed E-state index contributed by atoms with van der Waals surface area (Å²) in [5.41, 5.74) is 1.61. The Labute approximate surface area is 321 Å². The van der Waals surface area contributed by atoms with Crippen LogP contribution >= 0.6 is 11.8 Å². The summed E-state index contributed by atoms with van der Waals surface area (Å²) in [7, 11) is -4.45. The van der Waals surface area contributed by atoms with E-state index in [1.165, 1.54) is 36.5 Å². The summed E-state index contributed by atoms with van der Waals surface area (Å²) in [6.45, 7) is 4.37. The fourth-order valence-electron chi connectivity index (χ4n) is 5.96. The predicted molar refractivity (Wildman–Crippen MR) is 209 cm³/mol. The molecule has 0 unspecified atom stereocenters. The Morgan fingerprint density at radius 2 is 1.65 bits per heavy atom. The monoisotopic (exact) mass is 784 g/mol. The molecule has 1 aromatic heterocycles. The van der Waals surface area contributed by atoms with Gasteiger partial charge in [0.2, 0.25) is 0 Å². The fraction of sp³-hybridized carbons (Fsp3) is 0.205. The molecule has 4 aromatic carbocycles. The Balaban J connectivity index is 1.02. The van der Waals surface area contributed by atoms with Crippen LogP contribution in [0.25, 0.3) is 11.1 Å². The van der Waals surface area contributed by atoms with E-state index in [0.717, 1.165) is 16.6 Å². The number of aromatic nitrogens is 1. The number of ether oxygens (including phenoxy) is 1. The predicted octanol–water partition coefficient (Wildman–Crippen LogP) is 6.48. The van der Waals surface area contributed by atoms with Gasteiger partial charge in [0.25, 0.3) is 27.5 Å². The zero-order valence-electron chi connectivity index (χ0n) is 29.7. The third kappa shape index (κ3) is 9.57.